The van der Waals surface area contributed by atoms with E-state index in [1.54, 1.807) is 0 Å². The zero-order valence-corrected chi connectivity index (χ0v) is 11.0. The number of hydrogen-bond acceptors (Lipinski definition) is 3. The predicted molar refractivity (Wildman–Crippen MR) is 72.3 cm³/mol. The molecule has 1 fully saturated rings. The number of nitrogens with zero attached hydrogens (tertiary/aromatic N) is 3. The van der Waals surface area contributed by atoms with Gasteiger partial charge in [-0.2, -0.15) is 5.26 Å². The van der Waals surface area contributed by atoms with E-state index in [1.807, 2.05) is 19.1 Å². The number of carboxylic acid groups (broad SMARTS) is 1. The number of anilines is 1. The van der Waals surface area contributed by atoms with E-state index in [-0.39, 0.29) is 0 Å². The lowest BCUT2D eigenvalue weighted by Crippen LogP contribution is -2.48. The SMILES string of the molecule is Cc1cc(N2CCN(C(=O)O)CC2)ccc1CC#N. The molecule has 1 aromatic rings. The largest absolute Gasteiger partial charge is 0.465 e. The lowest BCUT2D eigenvalue weighted by Gasteiger charge is -2.34. The summed E-state index contributed by atoms with van der Waals surface area (Å²) in [7, 11) is 0. The van der Waals surface area contributed by atoms with Gasteiger partial charge >= 0.3 is 6.09 Å². The van der Waals surface area contributed by atoms with Gasteiger partial charge in [0.25, 0.3) is 0 Å². The topological polar surface area (TPSA) is 67.6 Å². The smallest absolute Gasteiger partial charge is 0.407 e. The summed E-state index contributed by atoms with van der Waals surface area (Å²) in [4.78, 5) is 14.5. The minimum atomic E-state index is -0.847. The maximum atomic E-state index is 10.8. The summed E-state index contributed by atoms with van der Waals surface area (Å²) in [6.45, 7) is 4.50. The number of hydrogen-bond donors (Lipinski definition) is 1. The van der Waals surface area contributed by atoms with Gasteiger partial charge in [-0.1, -0.05) is 6.07 Å². The van der Waals surface area contributed by atoms with Gasteiger partial charge in [-0.15, -0.1) is 0 Å². The first kappa shape index (κ1) is 13.2. The molecule has 2 rings (SSSR count). The Morgan fingerprint density at radius 2 is 2.05 bits per heavy atom. The summed E-state index contributed by atoms with van der Waals surface area (Å²) in [5.41, 5.74) is 3.26. The van der Waals surface area contributed by atoms with Crippen LogP contribution < -0.4 is 4.90 Å². The van der Waals surface area contributed by atoms with Crippen LogP contribution in [0.4, 0.5) is 10.5 Å². The molecular weight excluding hydrogens is 242 g/mol. The van der Waals surface area contributed by atoms with Gasteiger partial charge < -0.3 is 14.9 Å². The molecule has 0 spiro atoms. The average Bonchev–Trinajstić information content (AvgIpc) is 2.41. The number of benzene rings is 1. The van der Waals surface area contributed by atoms with Crippen molar-refractivity contribution in [3.05, 3.63) is 29.3 Å². The normalized spacial score (nSPS) is 15.2. The number of rotatable bonds is 2. The first-order valence-corrected chi connectivity index (χ1v) is 6.31. The summed E-state index contributed by atoms with van der Waals surface area (Å²) in [6.07, 6.45) is -0.418. The van der Waals surface area contributed by atoms with Crippen LogP contribution in [0.2, 0.25) is 0 Å². The summed E-state index contributed by atoms with van der Waals surface area (Å²) >= 11 is 0. The average molecular weight is 259 g/mol. The Hall–Kier alpha value is -2.22. The molecule has 0 saturated carbocycles. The highest BCUT2D eigenvalue weighted by Crippen LogP contribution is 2.21. The van der Waals surface area contributed by atoms with Crippen molar-refractivity contribution in [1.29, 1.82) is 5.26 Å². The molecular formula is C14H17N3O2. The number of nitriles is 1. The third-order valence-corrected chi connectivity index (χ3v) is 3.51. The molecule has 100 valence electrons. The Balaban J connectivity index is 2.06. The second-order valence-corrected chi connectivity index (χ2v) is 4.70. The zero-order valence-electron chi connectivity index (χ0n) is 11.0. The van der Waals surface area contributed by atoms with Crippen molar-refractivity contribution in [1.82, 2.24) is 4.90 Å². The van der Waals surface area contributed by atoms with E-state index >= 15 is 0 Å². The lowest BCUT2D eigenvalue weighted by molar-refractivity contribution is 0.142. The third kappa shape index (κ3) is 2.97. The van der Waals surface area contributed by atoms with Gasteiger partial charge in [-0.3, -0.25) is 0 Å². The molecule has 1 aromatic carbocycles. The molecule has 1 N–H and O–H groups in total. The fourth-order valence-corrected chi connectivity index (χ4v) is 2.32. The van der Waals surface area contributed by atoms with Crippen LogP contribution in [0.3, 0.4) is 0 Å². The lowest BCUT2D eigenvalue weighted by atomic mass is 10.0. The van der Waals surface area contributed by atoms with Gasteiger partial charge in [0.1, 0.15) is 0 Å². The number of aryl methyl sites for hydroxylation is 1. The van der Waals surface area contributed by atoms with Crippen molar-refractivity contribution < 1.29 is 9.90 Å². The molecule has 0 aromatic heterocycles. The van der Waals surface area contributed by atoms with Gasteiger partial charge in [-0.05, 0) is 30.2 Å². The minimum Gasteiger partial charge on any atom is -0.465 e. The van der Waals surface area contributed by atoms with Crippen molar-refractivity contribution in [3.8, 4) is 6.07 Å². The molecule has 0 radical (unpaired) electrons. The van der Waals surface area contributed by atoms with Crippen LogP contribution in [0.1, 0.15) is 11.1 Å². The molecule has 5 nitrogen and oxygen atoms in total. The van der Waals surface area contributed by atoms with E-state index in [0.717, 1.165) is 16.8 Å². The highest BCUT2D eigenvalue weighted by atomic mass is 16.4. The monoisotopic (exact) mass is 259 g/mol. The van der Waals surface area contributed by atoms with Crippen LogP contribution in [0, 0.1) is 18.3 Å². The Morgan fingerprint density at radius 1 is 1.37 bits per heavy atom. The molecule has 0 bridgehead atoms. The molecule has 0 atom stereocenters. The van der Waals surface area contributed by atoms with Crippen molar-refractivity contribution in [2.75, 3.05) is 31.1 Å². The Kier molecular flexibility index (Phi) is 3.91. The molecule has 1 saturated heterocycles. The van der Waals surface area contributed by atoms with E-state index in [4.69, 9.17) is 10.4 Å². The Morgan fingerprint density at radius 3 is 2.58 bits per heavy atom. The molecule has 0 unspecified atom stereocenters. The van der Waals surface area contributed by atoms with Crippen LogP contribution in [-0.4, -0.2) is 42.3 Å². The molecule has 1 aliphatic rings. The fourth-order valence-electron chi connectivity index (χ4n) is 2.32. The van der Waals surface area contributed by atoms with E-state index in [0.29, 0.717) is 32.6 Å². The maximum Gasteiger partial charge on any atom is 0.407 e. The second kappa shape index (κ2) is 5.61. The van der Waals surface area contributed by atoms with Crippen LogP contribution in [0.5, 0.6) is 0 Å². The standard InChI is InChI=1S/C14H17N3O2/c1-11-10-13(3-2-12(11)4-5-15)16-6-8-17(9-7-16)14(18)19/h2-3,10H,4,6-9H2,1H3,(H,18,19). The van der Waals surface area contributed by atoms with Crippen LogP contribution >= 0.6 is 0 Å². The fraction of sp³-hybridized carbons (Fsp3) is 0.429. The van der Waals surface area contributed by atoms with Gasteiger partial charge in [-0.25, -0.2) is 4.79 Å². The number of piperazine rings is 1. The van der Waals surface area contributed by atoms with Crippen molar-refractivity contribution in [2.45, 2.75) is 13.3 Å². The van der Waals surface area contributed by atoms with E-state index in [2.05, 4.69) is 17.0 Å². The van der Waals surface area contributed by atoms with Crippen molar-refractivity contribution in [2.24, 2.45) is 0 Å². The number of amides is 1. The van der Waals surface area contributed by atoms with E-state index < -0.39 is 6.09 Å². The van der Waals surface area contributed by atoms with Gasteiger partial charge in [0.2, 0.25) is 0 Å². The molecule has 1 amide bonds. The van der Waals surface area contributed by atoms with Crippen LogP contribution in [0.15, 0.2) is 18.2 Å². The van der Waals surface area contributed by atoms with Gasteiger partial charge in [0.05, 0.1) is 12.5 Å². The van der Waals surface area contributed by atoms with E-state index in [1.165, 1.54) is 4.90 Å². The predicted octanol–water partition coefficient (Wildman–Crippen LogP) is 1.86. The summed E-state index contributed by atoms with van der Waals surface area (Å²) < 4.78 is 0. The maximum absolute atomic E-state index is 10.8. The first-order valence-electron chi connectivity index (χ1n) is 6.31. The minimum absolute atomic E-state index is 0.429. The molecule has 1 aliphatic heterocycles. The second-order valence-electron chi connectivity index (χ2n) is 4.70. The summed E-state index contributed by atoms with van der Waals surface area (Å²) in [5.74, 6) is 0. The first-order chi connectivity index (χ1) is 9.11. The third-order valence-electron chi connectivity index (χ3n) is 3.51. The summed E-state index contributed by atoms with van der Waals surface area (Å²) in [5, 5.41) is 17.6. The summed E-state index contributed by atoms with van der Waals surface area (Å²) in [6, 6.07) is 8.22. The Bertz CT molecular complexity index is 514. The van der Waals surface area contributed by atoms with Gasteiger partial charge in [0, 0.05) is 31.9 Å². The van der Waals surface area contributed by atoms with Gasteiger partial charge in [0.15, 0.2) is 0 Å². The Labute approximate surface area is 112 Å². The van der Waals surface area contributed by atoms with Crippen LogP contribution in [-0.2, 0) is 6.42 Å². The van der Waals surface area contributed by atoms with Crippen LogP contribution in [0.25, 0.3) is 0 Å². The number of carbonyl (C=O) groups is 1. The zero-order chi connectivity index (χ0) is 13.8. The molecule has 0 aliphatic carbocycles. The quantitative estimate of drug-likeness (QED) is 0.880. The highest BCUT2D eigenvalue weighted by molar-refractivity contribution is 5.65. The molecule has 1 heterocycles. The van der Waals surface area contributed by atoms with Crippen molar-refractivity contribution >= 4 is 11.8 Å². The van der Waals surface area contributed by atoms with E-state index in [9.17, 15) is 4.79 Å². The highest BCUT2D eigenvalue weighted by Gasteiger charge is 2.20. The van der Waals surface area contributed by atoms with Crippen molar-refractivity contribution in [3.63, 3.8) is 0 Å². The molecule has 19 heavy (non-hydrogen) atoms. The molecule has 5 heteroatoms.